The molecule has 0 aliphatic carbocycles. The molecule has 32 heavy (non-hydrogen) atoms. The summed E-state index contributed by atoms with van der Waals surface area (Å²) in [7, 11) is 0. The highest BCUT2D eigenvalue weighted by atomic mass is 32.2. The van der Waals surface area contributed by atoms with Crippen LogP contribution in [0.25, 0.3) is 27.9 Å². The van der Waals surface area contributed by atoms with E-state index in [0.29, 0.717) is 5.92 Å². The Balaban J connectivity index is 0.00000119. The van der Waals surface area contributed by atoms with Gasteiger partial charge < -0.3 is 5.32 Å². The fourth-order valence-corrected chi connectivity index (χ4v) is 4.73. The molecule has 2 N–H and O–H groups in total. The van der Waals surface area contributed by atoms with E-state index in [0.717, 1.165) is 45.9 Å². The maximum Gasteiger partial charge on any atom is 0.190 e. The SMILES string of the molecule is CC.C[S+](O)c1cccc(-c2cnn3cc(-c4ccc(C5CCCNC5)cc4)cnc23)c1. The highest BCUT2D eigenvalue weighted by molar-refractivity contribution is 7.90. The Labute approximate surface area is 193 Å². The van der Waals surface area contributed by atoms with Crippen molar-refractivity contribution in [2.24, 2.45) is 0 Å². The lowest BCUT2D eigenvalue weighted by Crippen LogP contribution is -2.28. The average molecular weight is 448 g/mol. The van der Waals surface area contributed by atoms with Crippen molar-refractivity contribution in [3.8, 4) is 22.3 Å². The van der Waals surface area contributed by atoms with Crippen molar-refractivity contribution in [2.75, 3.05) is 19.3 Å². The van der Waals surface area contributed by atoms with Crippen molar-refractivity contribution in [2.45, 2.75) is 37.5 Å². The molecule has 0 saturated carbocycles. The molecule has 3 heterocycles. The molecule has 0 amide bonds. The predicted octanol–water partition coefficient (Wildman–Crippen LogP) is 5.64. The largest absolute Gasteiger partial charge is 0.316 e. The van der Waals surface area contributed by atoms with E-state index < -0.39 is 11.2 Å². The molecule has 6 heteroatoms. The zero-order chi connectivity index (χ0) is 22.5. The van der Waals surface area contributed by atoms with Gasteiger partial charge in [-0.1, -0.05) is 50.2 Å². The molecule has 0 spiro atoms. The summed E-state index contributed by atoms with van der Waals surface area (Å²) in [4.78, 5) is 5.62. The maximum absolute atomic E-state index is 9.91. The standard InChI is InChI=1S/C24H25N4OS.C2H6/c1-30(29)22-6-2-4-19(12-22)23-15-27-28-16-21(14-26-24(23)28)18-9-7-17(8-10-18)20-5-3-11-25-13-20;1-2/h2,4,6-10,12,14-16,20,25,29H,3,5,11,13H2,1H3;1-2H3/q+1;. The molecule has 0 radical (unpaired) electrons. The highest BCUT2D eigenvalue weighted by Gasteiger charge is 2.17. The number of rotatable bonds is 4. The van der Waals surface area contributed by atoms with Gasteiger partial charge in [-0.3, -0.25) is 0 Å². The number of fused-ring (bicyclic) bond motifs is 1. The quantitative estimate of drug-likeness (QED) is 0.398. The minimum absolute atomic E-state index is 0.611. The van der Waals surface area contributed by atoms with Gasteiger partial charge in [-0.25, -0.2) is 9.50 Å². The van der Waals surface area contributed by atoms with Crippen LogP contribution in [0.4, 0.5) is 0 Å². The third-order valence-electron chi connectivity index (χ3n) is 5.85. The lowest BCUT2D eigenvalue weighted by atomic mass is 9.91. The van der Waals surface area contributed by atoms with Gasteiger partial charge in [-0.2, -0.15) is 9.65 Å². The first-order valence-electron chi connectivity index (χ1n) is 11.3. The minimum Gasteiger partial charge on any atom is -0.316 e. The van der Waals surface area contributed by atoms with Gasteiger partial charge in [0.05, 0.1) is 6.20 Å². The van der Waals surface area contributed by atoms with E-state index >= 15 is 0 Å². The van der Waals surface area contributed by atoms with Crippen molar-refractivity contribution in [1.82, 2.24) is 19.9 Å². The van der Waals surface area contributed by atoms with Gasteiger partial charge in [-0.15, -0.1) is 0 Å². The summed E-state index contributed by atoms with van der Waals surface area (Å²) in [6.45, 7) is 6.20. The topological polar surface area (TPSA) is 62.5 Å². The van der Waals surface area contributed by atoms with E-state index in [9.17, 15) is 4.55 Å². The average Bonchev–Trinajstić information content (AvgIpc) is 3.29. The van der Waals surface area contributed by atoms with E-state index in [1.54, 1.807) is 6.26 Å². The van der Waals surface area contributed by atoms with Crippen molar-refractivity contribution < 1.29 is 4.55 Å². The Kier molecular flexibility index (Phi) is 7.25. The molecular weight excluding hydrogens is 416 g/mol. The zero-order valence-corrected chi connectivity index (χ0v) is 19.8. The number of hydrogen-bond acceptors (Lipinski definition) is 4. The molecule has 1 fully saturated rings. The van der Waals surface area contributed by atoms with Crippen LogP contribution in [0, 0.1) is 0 Å². The molecule has 0 bridgehead atoms. The number of aromatic nitrogens is 3. The van der Waals surface area contributed by atoms with Crippen LogP contribution in [-0.4, -0.2) is 38.5 Å². The first kappa shape index (κ1) is 22.5. The first-order valence-corrected chi connectivity index (χ1v) is 12.9. The number of nitrogens with zero attached hydrogens (tertiary/aromatic N) is 3. The Morgan fingerprint density at radius 1 is 1.03 bits per heavy atom. The molecular formula is C26H31N4OS+. The van der Waals surface area contributed by atoms with E-state index in [1.165, 1.54) is 18.4 Å². The van der Waals surface area contributed by atoms with Gasteiger partial charge >= 0.3 is 0 Å². The first-order chi connectivity index (χ1) is 15.7. The summed E-state index contributed by atoms with van der Waals surface area (Å²) >= 11 is -0.769. The second-order valence-corrected chi connectivity index (χ2v) is 9.27. The van der Waals surface area contributed by atoms with Gasteiger partial charge in [0.2, 0.25) is 0 Å². The zero-order valence-electron chi connectivity index (χ0n) is 19.0. The smallest absolute Gasteiger partial charge is 0.190 e. The fourth-order valence-electron chi connectivity index (χ4n) is 4.16. The molecule has 2 aromatic carbocycles. The monoisotopic (exact) mass is 447 g/mol. The summed E-state index contributed by atoms with van der Waals surface area (Å²) in [6.07, 6.45) is 10.1. The Morgan fingerprint density at radius 2 is 1.84 bits per heavy atom. The number of piperidine rings is 1. The molecule has 1 aliphatic rings. The van der Waals surface area contributed by atoms with Gasteiger partial charge in [0.1, 0.15) is 6.26 Å². The molecule has 5 rings (SSSR count). The normalized spacial score (nSPS) is 16.9. The van der Waals surface area contributed by atoms with Crippen molar-refractivity contribution in [3.63, 3.8) is 0 Å². The van der Waals surface area contributed by atoms with Gasteiger partial charge in [0.25, 0.3) is 0 Å². The lowest BCUT2D eigenvalue weighted by molar-refractivity contribution is 0.461. The lowest BCUT2D eigenvalue weighted by Gasteiger charge is -2.23. The van der Waals surface area contributed by atoms with E-state index in [4.69, 9.17) is 4.98 Å². The van der Waals surface area contributed by atoms with Gasteiger partial charge in [0.15, 0.2) is 21.7 Å². The van der Waals surface area contributed by atoms with Crippen LogP contribution in [-0.2, 0) is 11.2 Å². The summed E-state index contributed by atoms with van der Waals surface area (Å²) in [6, 6.07) is 16.8. The second kappa shape index (κ2) is 10.3. The van der Waals surface area contributed by atoms with Crippen molar-refractivity contribution >= 4 is 16.8 Å². The number of benzene rings is 2. The summed E-state index contributed by atoms with van der Waals surface area (Å²) in [5, 5.41) is 8.02. The third-order valence-corrected chi connectivity index (χ3v) is 6.79. The predicted molar refractivity (Wildman–Crippen MR) is 134 cm³/mol. The van der Waals surface area contributed by atoms with Crippen molar-refractivity contribution in [3.05, 3.63) is 72.7 Å². The minimum atomic E-state index is -0.769. The van der Waals surface area contributed by atoms with Crippen LogP contribution in [0.1, 0.15) is 38.2 Å². The van der Waals surface area contributed by atoms with Gasteiger partial charge in [0, 0.05) is 36.1 Å². The number of hydrogen-bond donors (Lipinski definition) is 2. The number of nitrogens with one attached hydrogen (secondary N) is 1. The third kappa shape index (κ3) is 4.72. The molecule has 1 saturated heterocycles. The maximum atomic E-state index is 9.91. The second-order valence-electron chi connectivity index (χ2n) is 7.84. The molecule has 2 unspecified atom stereocenters. The summed E-state index contributed by atoms with van der Waals surface area (Å²) < 4.78 is 11.7. The van der Waals surface area contributed by atoms with Crippen molar-refractivity contribution in [1.29, 1.82) is 0 Å². The van der Waals surface area contributed by atoms with Crippen LogP contribution in [0.15, 0.2) is 72.0 Å². The Bertz CT molecular complexity index is 1160. The van der Waals surface area contributed by atoms with Crippen LogP contribution in [0.2, 0.25) is 0 Å². The summed E-state index contributed by atoms with van der Waals surface area (Å²) in [5.41, 5.74) is 6.39. The van der Waals surface area contributed by atoms with Gasteiger partial charge in [-0.05, 0) is 48.1 Å². The summed E-state index contributed by atoms with van der Waals surface area (Å²) in [5.74, 6) is 0.611. The van der Waals surface area contributed by atoms with Crippen LogP contribution >= 0.6 is 0 Å². The Hall–Kier alpha value is -2.67. The van der Waals surface area contributed by atoms with E-state index in [1.807, 2.05) is 61.2 Å². The molecule has 2 atom stereocenters. The highest BCUT2D eigenvalue weighted by Crippen LogP contribution is 2.29. The molecule has 1 aliphatic heterocycles. The van der Waals surface area contributed by atoms with Crippen LogP contribution in [0.5, 0.6) is 0 Å². The molecule has 2 aromatic heterocycles. The van der Waals surface area contributed by atoms with Crippen LogP contribution < -0.4 is 5.32 Å². The van der Waals surface area contributed by atoms with E-state index in [2.05, 4.69) is 34.7 Å². The fraction of sp³-hybridized carbons (Fsp3) is 0.308. The molecule has 4 aromatic rings. The van der Waals surface area contributed by atoms with E-state index in [-0.39, 0.29) is 0 Å². The van der Waals surface area contributed by atoms with Crippen LogP contribution in [0.3, 0.4) is 0 Å². The molecule has 166 valence electrons. The molecule has 5 nitrogen and oxygen atoms in total. The Morgan fingerprint density at radius 3 is 2.56 bits per heavy atom.